The van der Waals surface area contributed by atoms with Crippen LogP contribution < -0.4 is 5.32 Å². The van der Waals surface area contributed by atoms with Crippen LogP contribution in [0.25, 0.3) is 6.08 Å². The fourth-order valence-electron chi connectivity index (χ4n) is 1.60. The molecule has 0 spiro atoms. The highest BCUT2D eigenvalue weighted by atomic mass is 79.9. The van der Waals surface area contributed by atoms with Gasteiger partial charge in [-0.05, 0) is 65.7 Å². The molecule has 4 heteroatoms. The molecular weight excluding hydrogens is 306 g/mol. The van der Waals surface area contributed by atoms with Gasteiger partial charge >= 0.3 is 0 Å². The van der Waals surface area contributed by atoms with Crippen molar-refractivity contribution < 1.29 is 9.21 Å². The molecule has 2 aromatic rings. The Bertz CT molecular complexity index is 629. The first-order valence-corrected chi connectivity index (χ1v) is 6.65. The van der Waals surface area contributed by atoms with Gasteiger partial charge in [-0.1, -0.05) is 6.07 Å². The molecule has 0 bridgehead atoms. The number of carbonyl (C=O) groups excluding carboxylic acids is 1. The highest BCUT2D eigenvalue weighted by Crippen LogP contribution is 2.23. The first-order chi connectivity index (χ1) is 9.04. The minimum absolute atomic E-state index is 0.196. The summed E-state index contributed by atoms with van der Waals surface area (Å²) in [5.74, 6) is 1.29. The lowest BCUT2D eigenvalue weighted by Crippen LogP contribution is -2.08. The van der Waals surface area contributed by atoms with Crippen molar-refractivity contribution in [1.29, 1.82) is 0 Å². The van der Waals surface area contributed by atoms with Crippen LogP contribution in [0.3, 0.4) is 0 Å². The van der Waals surface area contributed by atoms with Gasteiger partial charge in [-0.25, -0.2) is 0 Å². The molecule has 1 N–H and O–H groups in total. The topological polar surface area (TPSA) is 42.2 Å². The maximum Gasteiger partial charge on any atom is 0.248 e. The van der Waals surface area contributed by atoms with Gasteiger partial charge in [0, 0.05) is 10.5 Å². The fraction of sp³-hybridized carbons (Fsp3) is 0.133. The third-order valence-electron chi connectivity index (χ3n) is 2.54. The number of hydrogen-bond donors (Lipinski definition) is 1. The number of amides is 1. The van der Waals surface area contributed by atoms with Crippen LogP contribution in [0.2, 0.25) is 0 Å². The average molecular weight is 320 g/mol. The van der Waals surface area contributed by atoms with E-state index in [2.05, 4.69) is 21.2 Å². The molecule has 2 rings (SSSR count). The molecule has 0 saturated carbocycles. The molecule has 19 heavy (non-hydrogen) atoms. The Kier molecular flexibility index (Phi) is 4.22. The number of nitrogens with one attached hydrogen (secondary N) is 1. The van der Waals surface area contributed by atoms with Gasteiger partial charge in [-0.3, -0.25) is 4.79 Å². The van der Waals surface area contributed by atoms with E-state index in [1.807, 2.05) is 44.2 Å². The smallest absolute Gasteiger partial charge is 0.248 e. The van der Waals surface area contributed by atoms with E-state index in [0.29, 0.717) is 5.76 Å². The van der Waals surface area contributed by atoms with E-state index >= 15 is 0 Å². The predicted molar refractivity (Wildman–Crippen MR) is 80.0 cm³/mol. The van der Waals surface area contributed by atoms with Crippen LogP contribution in [0, 0.1) is 13.8 Å². The van der Waals surface area contributed by atoms with Crippen molar-refractivity contribution in [2.45, 2.75) is 13.8 Å². The molecule has 0 aliphatic carbocycles. The van der Waals surface area contributed by atoms with Crippen LogP contribution in [0.5, 0.6) is 0 Å². The molecule has 0 saturated heterocycles. The van der Waals surface area contributed by atoms with E-state index in [1.165, 1.54) is 6.08 Å². The first kappa shape index (κ1) is 13.6. The van der Waals surface area contributed by atoms with Crippen molar-refractivity contribution >= 4 is 33.6 Å². The SMILES string of the molecule is Cc1ccc(NC(=O)/C=C\c2ccc(C)o2)c(Br)c1. The van der Waals surface area contributed by atoms with Crippen molar-refractivity contribution in [3.63, 3.8) is 0 Å². The number of furan rings is 1. The lowest BCUT2D eigenvalue weighted by molar-refractivity contribution is -0.111. The van der Waals surface area contributed by atoms with Gasteiger partial charge in [0.05, 0.1) is 5.69 Å². The molecule has 98 valence electrons. The van der Waals surface area contributed by atoms with Gasteiger partial charge in [0.15, 0.2) is 0 Å². The maximum absolute atomic E-state index is 11.8. The fourth-order valence-corrected chi connectivity index (χ4v) is 2.19. The van der Waals surface area contributed by atoms with Gasteiger partial charge in [0.1, 0.15) is 11.5 Å². The molecule has 1 heterocycles. The summed E-state index contributed by atoms with van der Waals surface area (Å²) >= 11 is 3.42. The lowest BCUT2D eigenvalue weighted by Gasteiger charge is -2.05. The summed E-state index contributed by atoms with van der Waals surface area (Å²) in [4.78, 5) is 11.8. The molecule has 1 aromatic carbocycles. The highest BCUT2D eigenvalue weighted by Gasteiger charge is 2.03. The standard InChI is InChI=1S/C15H14BrNO2/c1-10-3-7-14(13(16)9-10)17-15(18)8-6-12-5-4-11(2)19-12/h3-9H,1-2H3,(H,17,18)/b8-6-. The molecule has 0 aliphatic heterocycles. The molecule has 0 fully saturated rings. The zero-order chi connectivity index (χ0) is 13.8. The van der Waals surface area contributed by atoms with Crippen molar-refractivity contribution in [3.05, 3.63) is 58.0 Å². The largest absolute Gasteiger partial charge is 0.462 e. The second kappa shape index (κ2) is 5.89. The second-order valence-electron chi connectivity index (χ2n) is 4.25. The number of anilines is 1. The monoisotopic (exact) mass is 319 g/mol. The normalized spacial score (nSPS) is 10.9. The summed E-state index contributed by atoms with van der Waals surface area (Å²) in [6.07, 6.45) is 3.09. The number of hydrogen-bond acceptors (Lipinski definition) is 2. The van der Waals surface area contributed by atoms with Crippen LogP contribution in [0.1, 0.15) is 17.1 Å². The van der Waals surface area contributed by atoms with Crippen molar-refractivity contribution in [1.82, 2.24) is 0 Å². The third kappa shape index (κ3) is 3.83. The van der Waals surface area contributed by atoms with Crippen molar-refractivity contribution in [2.24, 2.45) is 0 Å². The average Bonchev–Trinajstić information content (AvgIpc) is 2.76. The van der Waals surface area contributed by atoms with Gasteiger partial charge in [-0.2, -0.15) is 0 Å². The Balaban J connectivity index is 2.03. The lowest BCUT2D eigenvalue weighted by atomic mass is 10.2. The summed E-state index contributed by atoms with van der Waals surface area (Å²) in [6.45, 7) is 3.86. The highest BCUT2D eigenvalue weighted by molar-refractivity contribution is 9.10. The molecule has 0 atom stereocenters. The summed E-state index contributed by atoms with van der Waals surface area (Å²) in [5.41, 5.74) is 1.88. The quantitative estimate of drug-likeness (QED) is 0.856. The summed E-state index contributed by atoms with van der Waals surface area (Å²) in [5, 5.41) is 2.80. The molecule has 1 amide bonds. The van der Waals surface area contributed by atoms with E-state index < -0.39 is 0 Å². The Morgan fingerprint density at radius 2 is 2.05 bits per heavy atom. The molecule has 0 unspecified atom stereocenters. The predicted octanol–water partition coefficient (Wildman–Crippen LogP) is 4.31. The minimum Gasteiger partial charge on any atom is -0.462 e. The molecule has 0 aliphatic rings. The Morgan fingerprint density at radius 3 is 2.68 bits per heavy atom. The molecule has 0 radical (unpaired) electrons. The van der Waals surface area contributed by atoms with Crippen LogP contribution in [-0.4, -0.2) is 5.91 Å². The Morgan fingerprint density at radius 1 is 1.26 bits per heavy atom. The Hall–Kier alpha value is -1.81. The van der Waals surface area contributed by atoms with Gasteiger partial charge in [0.25, 0.3) is 0 Å². The summed E-state index contributed by atoms with van der Waals surface area (Å²) < 4.78 is 6.21. The van der Waals surface area contributed by atoms with E-state index in [9.17, 15) is 4.79 Å². The van der Waals surface area contributed by atoms with Crippen LogP contribution in [0.15, 0.2) is 45.3 Å². The molecule has 1 aromatic heterocycles. The molecular formula is C15H14BrNO2. The number of benzene rings is 1. The number of carbonyl (C=O) groups is 1. The molecule has 3 nitrogen and oxygen atoms in total. The van der Waals surface area contributed by atoms with E-state index in [1.54, 1.807) is 6.08 Å². The van der Waals surface area contributed by atoms with Crippen LogP contribution in [-0.2, 0) is 4.79 Å². The minimum atomic E-state index is -0.196. The van der Waals surface area contributed by atoms with Gasteiger partial charge in [0.2, 0.25) is 5.91 Å². The van der Waals surface area contributed by atoms with Crippen molar-refractivity contribution in [3.8, 4) is 0 Å². The van der Waals surface area contributed by atoms with E-state index in [-0.39, 0.29) is 5.91 Å². The van der Waals surface area contributed by atoms with Crippen LogP contribution >= 0.6 is 15.9 Å². The zero-order valence-electron chi connectivity index (χ0n) is 10.7. The summed E-state index contributed by atoms with van der Waals surface area (Å²) in [7, 11) is 0. The number of halogens is 1. The number of aryl methyl sites for hydroxylation is 2. The summed E-state index contributed by atoms with van der Waals surface area (Å²) in [6, 6.07) is 9.44. The Labute approximate surface area is 120 Å². The van der Waals surface area contributed by atoms with Gasteiger partial charge in [-0.15, -0.1) is 0 Å². The maximum atomic E-state index is 11.8. The second-order valence-corrected chi connectivity index (χ2v) is 5.11. The van der Waals surface area contributed by atoms with Crippen LogP contribution in [0.4, 0.5) is 5.69 Å². The van der Waals surface area contributed by atoms with Gasteiger partial charge < -0.3 is 9.73 Å². The van der Waals surface area contributed by atoms with Crippen molar-refractivity contribution in [2.75, 3.05) is 5.32 Å². The first-order valence-electron chi connectivity index (χ1n) is 5.86. The van der Waals surface area contributed by atoms with E-state index in [0.717, 1.165) is 21.5 Å². The zero-order valence-corrected chi connectivity index (χ0v) is 12.3. The number of rotatable bonds is 3. The third-order valence-corrected chi connectivity index (χ3v) is 3.20. The van der Waals surface area contributed by atoms with E-state index in [4.69, 9.17) is 4.42 Å².